The van der Waals surface area contributed by atoms with Crippen molar-refractivity contribution in [2.24, 2.45) is 5.92 Å². The molecule has 3 aliphatic rings. The topological polar surface area (TPSA) is 111 Å². The molecule has 41 heavy (non-hydrogen) atoms. The summed E-state index contributed by atoms with van der Waals surface area (Å²) in [6.07, 6.45) is 4.58. The van der Waals surface area contributed by atoms with Crippen molar-refractivity contribution in [1.29, 1.82) is 0 Å². The molecule has 0 spiro atoms. The predicted octanol–water partition coefficient (Wildman–Crippen LogP) is 4.85. The minimum absolute atomic E-state index is 0.0217. The summed E-state index contributed by atoms with van der Waals surface area (Å²) in [5.74, 6) is -0.554. The molecular weight excluding hydrogens is 525 g/mol. The van der Waals surface area contributed by atoms with Gasteiger partial charge >= 0.3 is 5.97 Å². The van der Waals surface area contributed by atoms with E-state index in [9.17, 15) is 19.5 Å². The van der Waals surface area contributed by atoms with Gasteiger partial charge < -0.3 is 19.7 Å². The van der Waals surface area contributed by atoms with Gasteiger partial charge in [-0.2, -0.15) is 0 Å². The summed E-state index contributed by atoms with van der Waals surface area (Å²) in [6.45, 7) is 7.79. The van der Waals surface area contributed by atoms with Gasteiger partial charge in [0.2, 0.25) is 5.91 Å². The first-order chi connectivity index (χ1) is 19.5. The number of fused-ring (bicyclic) bond motifs is 5. The molecule has 3 aromatic rings. The van der Waals surface area contributed by atoms with Crippen LogP contribution in [0.4, 0.5) is 4.39 Å². The summed E-state index contributed by atoms with van der Waals surface area (Å²) in [5, 5.41) is 15.3. The van der Waals surface area contributed by atoms with Gasteiger partial charge in [-0.15, -0.1) is 0 Å². The molecule has 0 bridgehead atoms. The summed E-state index contributed by atoms with van der Waals surface area (Å²) < 4.78 is 21.8. The number of halogens is 1. The largest absolute Gasteiger partial charge is 0.458 e. The van der Waals surface area contributed by atoms with Gasteiger partial charge in [0.25, 0.3) is 5.56 Å². The van der Waals surface area contributed by atoms with E-state index in [1.54, 1.807) is 24.5 Å². The monoisotopic (exact) mass is 561 g/mol. The van der Waals surface area contributed by atoms with E-state index < -0.39 is 11.6 Å². The van der Waals surface area contributed by atoms with Crippen molar-refractivity contribution in [3.05, 3.63) is 61.7 Å². The summed E-state index contributed by atoms with van der Waals surface area (Å²) in [7, 11) is 0. The molecule has 0 radical (unpaired) electrons. The van der Waals surface area contributed by atoms with E-state index >= 15 is 4.39 Å². The number of nitrogens with one attached hydrogen (secondary N) is 1. The molecule has 2 aromatic heterocycles. The summed E-state index contributed by atoms with van der Waals surface area (Å²) in [4.78, 5) is 44.2. The lowest BCUT2D eigenvalue weighted by Crippen LogP contribution is -2.44. The van der Waals surface area contributed by atoms with Crippen LogP contribution in [0.3, 0.4) is 0 Å². The normalized spacial score (nSPS) is 20.6. The molecule has 6 rings (SSSR count). The van der Waals surface area contributed by atoms with E-state index in [4.69, 9.17) is 9.72 Å². The van der Waals surface area contributed by atoms with Gasteiger partial charge in [-0.25, -0.2) is 14.2 Å². The highest BCUT2D eigenvalue weighted by atomic mass is 19.1. The molecule has 216 valence electrons. The van der Waals surface area contributed by atoms with Crippen LogP contribution < -0.4 is 10.9 Å². The Balaban J connectivity index is 1.49. The first kappa shape index (κ1) is 27.6. The molecule has 4 heterocycles. The van der Waals surface area contributed by atoms with E-state index in [1.807, 2.05) is 0 Å². The highest BCUT2D eigenvalue weighted by Crippen LogP contribution is 2.46. The van der Waals surface area contributed by atoms with Crippen LogP contribution in [0.5, 0.6) is 0 Å². The number of carbonyl (C=O) groups is 2. The van der Waals surface area contributed by atoms with Gasteiger partial charge in [0, 0.05) is 29.0 Å². The molecule has 2 atom stereocenters. The molecule has 1 aromatic carbocycles. The molecule has 2 aliphatic heterocycles. The van der Waals surface area contributed by atoms with Crippen LogP contribution in [-0.2, 0) is 39.5 Å². The molecule has 0 fully saturated rings. The Kier molecular flexibility index (Phi) is 6.76. The van der Waals surface area contributed by atoms with Gasteiger partial charge in [0.15, 0.2) is 5.60 Å². The van der Waals surface area contributed by atoms with E-state index in [-0.39, 0.29) is 54.0 Å². The van der Waals surface area contributed by atoms with Crippen molar-refractivity contribution in [2.75, 3.05) is 0 Å². The Morgan fingerprint density at radius 2 is 2.02 bits per heavy atom. The standard InChI is InChI=1S/C32H36FN3O5/c1-5-32(40)21-12-25-29-19(14-36(25)30(38)20(21)15-41-31(32)39)28-23(34-26(37)9-7-6-8-16(2)3)11-10-18-17(4)22(33)13-24(35-29)27(18)28/h12-13,16,23,40H,5-11,14-15H2,1-4H3,(H,34,37)/t23-,32-/m0/s1. The Bertz CT molecular complexity index is 1680. The third-order valence-electron chi connectivity index (χ3n) is 9.15. The number of unbranched alkanes of at least 4 members (excludes halogenated alkanes) is 1. The van der Waals surface area contributed by atoms with Gasteiger partial charge in [-0.3, -0.25) is 9.59 Å². The summed E-state index contributed by atoms with van der Waals surface area (Å²) in [5.41, 5.74) is 2.79. The fourth-order valence-electron chi connectivity index (χ4n) is 6.80. The van der Waals surface area contributed by atoms with Gasteiger partial charge in [0.1, 0.15) is 12.4 Å². The third kappa shape index (κ3) is 4.28. The smallest absolute Gasteiger partial charge is 0.343 e. The number of aliphatic hydroxyl groups is 1. The second-order valence-corrected chi connectivity index (χ2v) is 12.1. The maximum atomic E-state index is 15.1. The number of esters is 1. The number of ether oxygens (including phenoxy) is 1. The van der Waals surface area contributed by atoms with Crippen LogP contribution in [-0.4, -0.2) is 26.5 Å². The first-order valence-electron chi connectivity index (χ1n) is 14.7. The SMILES string of the molecule is CC[C@@]1(O)C(=O)OCc2c1cc1n(c2=O)Cc2c-1nc1cc(F)c(C)c3c1c2[C@@H](NC(=O)CCCCC(C)C)CC3. The van der Waals surface area contributed by atoms with Crippen LogP contribution in [0.2, 0.25) is 0 Å². The number of hydrogen-bond donors (Lipinski definition) is 2. The number of nitrogens with zero attached hydrogens (tertiary/aromatic N) is 2. The van der Waals surface area contributed by atoms with Gasteiger partial charge in [-0.1, -0.05) is 33.6 Å². The lowest BCUT2D eigenvalue weighted by molar-refractivity contribution is -0.172. The summed E-state index contributed by atoms with van der Waals surface area (Å²) >= 11 is 0. The first-order valence-corrected chi connectivity index (χ1v) is 14.7. The number of amides is 1. The van der Waals surface area contributed by atoms with Crippen molar-refractivity contribution in [1.82, 2.24) is 14.9 Å². The van der Waals surface area contributed by atoms with Crippen molar-refractivity contribution in [2.45, 2.75) is 97.4 Å². The quantitative estimate of drug-likeness (QED) is 0.247. The average molecular weight is 562 g/mol. The lowest BCUT2D eigenvalue weighted by atomic mass is 9.81. The second kappa shape index (κ2) is 10.0. The molecular formula is C32H36FN3O5. The Hall–Kier alpha value is -3.59. The number of hydrogen-bond acceptors (Lipinski definition) is 6. The number of aryl methyl sites for hydroxylation is 1. The predicted molar refractivity (Wildman–Crippen MR) is 152 cm³/mol. The number of aromatic nitrogens is 2. The summed E-state index contributed by atoms with van der Waals surface area (Å²) in [6, 6.07) is 2.78. The van der Waals surface area contributed by atoms with Crippen LogP contribution in [0.1, 0.15) is 98.7 Å². The van der Waals surface area contributed by atoms with Crippen LogP contribution in [0.25, 0.3) is 22.3 Å². The average Bonchev–Trinajstić information content (AvgIpc) is 3.31. The molecule has 0 saturated carbocycles. The van der Waals surface area contributed by atoms with Gasteiger partial charge in [-0.05, 0) is 61.3 Å². The van der Waals surface area contributed by atoms with Gasteiger partial charge in [0.05, 0.1) is 35.1 Å². The maximum absolute atomic E-state index is 15.1. The highest BCUT2D eigenvalue weighted by Gasteiger charge is 2.46. The molecule has 0 saturated heterocycles. The number of benzene rings is 1. The molecule has 0 unspecified atom stereocenters. The Morgan fingerprint density at radius 1 is 1.24 bits per heavy atom. The van der Waals surface area contributed by atoms with Crippen LogP contribution in [0.15, 0.2) is 16.9 Å². The number of carbonyl (C=O) groups excluding carboxylic acids is 2. The highest BCUT2D eigenvalue weighted by molar-refractivity contribution is 5.94. The van der Waals surface area contributed by atoms with E-state index in [0.717, 1.165) is 41.3 Å². The van der Waals surface area contributed by atoms with E-state index in [0.29, 0.717) is 47.6 Å². The lowest BCUT2D eigenvalue weighted by Gasteiger charge is -2.31. The molecule has 1 amide bonds. The minimum Gasteiger partial charge on any atom is -0.458 e. The van der Waals surface area contributed by atoms with Crippen molar-refractivity contribution >= 4 is 22.8 Å². The Labute approximate surface area is 237 Å². The fourth-order valence-corrected chi connectivity index (χ4v) is 6.80. The van der Waals surface area contributed by atoms with Crippen molar-refractivity contribution < 1.29 is 23.8 Å². The third-order valence-corrected chi connectivity index (χ3v) is 9.15. The molecule has 2 N–H and O–H groups in total. The zero-order valence-corrected chi connectivity index (χ0v) is 24.0. The zero-order chi connectivity index (χ0) is 29.2. The number of cyclic esters (lactones) is 1. The second-order valence-electron chi connectivity index (χ2n) is 12.1. The molecule has 1 aliphatic carbocycles. The fraction of sp³-hybridized carbons (Fsp3) is 0.500. The maximum Gasteiger partial charge on any atom is 0.343 e. The van der Waals surface area contributed by atoms with Crippen LogP contribution >= 0.6 is 0 Å². The minimum atomic E-state index is -1.93. The van der Waals surface area contributed by atoms with Crippen molar-refractivity contribution in [3.63, 3.8) is 0 Å². The number of rotatable bonds is 7. The zero-order valence-electron chi connectivity index (χ0n) is 24.0. The molecule has 8 nitrogen and oxygen atoms in total. The Morgan fingerprint density at radius 3 is 2.76 bits per heavy atom. The van der Waals surface area contributed by atoms with Crippen LogP contribution in [0, 0.1) is 18.7 Å². The van der Waals surface area contributed by atoms with Crippen molar-refractivity contribution in [3.8, 4) is 11.4 Å². The van der Waals surface area contributed by atoms with E-state index in [1.165, 1.54) is 6.07 Å². The molecule has 9 heteroatoms. The van der Waals surface area contributed by atoms with E-state index in [2.05, 4.69) is 19.2 Å². The number of pyridine rings is 2.